The maximum absolute atomic E-state index is 12.7. The van der Waals surface area contributed by atoms with Crippen molar-refractivity contribution in [2.75, 3.05) is 19.6 Å². The van der Waals surface area contributed by atoms with Crippen molar-refractivity contribution in [3.05, 3.63) is 34.7 Å². The summed E-state index contributed by atoms with van der Waals surface area (Å²) in [5, 5.41) is 7.52. The zero-order valence-corrected chi connectivity index (χ0v) is 10.9. The smallest absolute Gasteiger partial charge is 0.314 e. The molecule has 1 atom stereocenters. The van der Waals surface area contributed by atoms with Crippen LogP contribution in [-0.4, -0.2) is 19.6 Å². The lowest BCUT2D eigenvalue weighted by Gasteiger charge is -2.23. The zero-order chi connectivity index (χ0) is 13.5. The Morgan fingerprint density at radius 2 is 2.00 bits per heavy atom. The van der Waals surface area contributed by atoms with E-state index in [9.17, 15) is 13.2 Å². The third kappa shape index (κ3) is 2.61. The molecule has 1 aliphatic rings. The molecular weight excluding hydrogens is 273 g/mol. The van der Waals surface area contributed by atoms with Crippen molar-refractivity contribution in [3.8, 4) is 0 Å². The van der Waals surface area contributed by atoms with Crippen LogP contribution in [0.1, 0.15) is 16.5 Å². The van der Waals surface area contributed by atoms with Crippen molar-refractivity contribution in [1.82, 2.24) is 10.6 Å². The van der Waals surface area contributed by atoms with Gasteiger partial charge in [0, 0.05) is 29.2 Å². The highest BCUT2D eigenvalue weighted by Gasteiger charge is 2.30. The highest BCUT2D eigenvalue weighted by atomic mass is 32.1. The van der Waals surface area contributed by atoms with E-state index in [2.05, 4.69) is 10.6 Å². The summed E-state index contributed by atoms with van der Waals surface area (Å²) in [7, 11) is 0. The van der Waals surface area contributed by atoms with Crippen molar-refractivity contribution >= 4 is 21.4 Å². The van der Waals surface area contributed by atoms with Gasteiger partial charge >= 0.3 is 6.18 Å². The van der Waals surface area contributed by atoms with Gasteiger partial charge < -0.3 is 10.6 Å². The van der Waals surface area contributed by atoms with E-state index in [4.69, 9.17) is 0 Å². The van der Waals surface area contributed by atoms with Crippen LogP contribution < -0.4 is 10.6 Å². The van der Waals surface area contributed by atoms with Gasteiger partial charge in [0.2, 0.25) is 0 Å². The van der Waals surface area contributed by atoms with E-state index in [1.807, 2.05) is 6.07 Å². The zero-order valence-electron chi connectivity index (χ0n) is 10.1. The fourth-order valence-corrected chi connectivity index (χ4v) is 3.43. The van der Waals surface area contributed by atoms with Crippen LogP contribution in [0.15, 0.2) is 24.3 Å². The first kappa shape index (κ1) is 12.9. The van der Waals surface area contributed by atoms with Crippen molar-refractivity contribution in [1.29, 1.82) is 0 Å². The summed E-state index contributed by atoms with van der Waals surface area (Å²) in [5.41, 5.74) is -0.580. The van der Waals surface area contributed by atoms with E-state index < -0.39 is 11.7 Å². The maximum Gasteiger partial charge on any atom is 0.416 e. The number of hydrogen-bond acceptors (Lipinski definition) is 3. The van der Waals surface area contributed by atoms with Crippen LogP contribution in [0.5, 0.6) is 0 Å². The summed E-state index contributed by atoms with van der Waals surface area (Å²) in [6.07, 6.45) is -4.27. The molecule has 1 aliphatic heterocycles. The molecule has 2 heterocycles. The molecule has 1 fully saturated rings. The van der Waals surface area contributed by atoms with Gasteiger partial charge in [-0.25, -0.2) is 0 Å². The molecule has 1 aromatic heterocycles. The number of hydrogen-bond donors (Lipinski definition) is 2. The van der Waals surface area contributed by atoms with Gasteiger partial charge in [-0.3, -0.25) is 0 Å². The number of benzene rings is 1. The lowest BCUT2D eigenvalue weighted by atomic mass is 10.1. The number of piperazine rings is 1. The second-order valence-electron chi connectivity index (χ2n) is 4.61. The fourth-order valence-electron chi connectivity index (χ4n) is 2.25. The molecular formula is C13H13F3N2S. The van der Waals surface area contributed by atoms with Crippen molar-refractivity contribution < 1.29 is 13.2 Å². The molecule has 1 saturated heterocycles. The Kier molecular flexibility index (Phi) is 3.24. The number of halogens is 3. The van der Waals surface area contributed by atoms with Gasteiger partial charge in [0.1, 0.15) is 0 Å². The molecule has 2 aromatic rings. The number of rotatable bonds is 1. The number of thiophene rings is 1. The molecule has 19 heavy (non-hydrogen) atoms. The lowest BCUT2D eigenvalue weighted by Crippen LogP contribution is -2.42. The average Bonchev–Trinajstić information content (AvgIpc) is 2.81. The van der Waals surface area contributed by atoms with E-state index in [0.717, 1.165) is 36.0 Å². The molecule has 102 valence electrons. The van der Waals surface area contributed by atoms with Gasteiger partial charge in [-0.15, -0.1) is 11.3 Å². The van der Waals surface area contributed by atoms with Crippen LogP contribution in [0, 0.1) is 0 Å². The normalized spacial score (nSPS) is 20.9. The minimum atomic E-state index is -4.27. The molecule has 0 saturated carbocycles. The summed E-state index contributed by atoms with van der Waals surface area (Å²) in [6.45, 7) is 2.63. The monoisotopic (exact) mass is 286 g/mol. The van der Waals surface area contributed by atoms with Gasteiger partial charge in [-0.1, -0.05) is 6.07 Å². The van der Waals surface area contributed by atoms with E-state index >= 15 is 0 Å². The third-order valence-electron chi connectivity index (χ3n) is 3.25. The van der Waals surface area contributed by atoms with Crippen molar-refractivity contribution in [3.63, 3.8) is 0 Å². The first-order valence-corrected chi connectivity index (χ1v) is 6.90. The molecule has 6 heteroatoms. The Bertz CT molecular complexity index is 585. The Morgan fingerprint density at radius 3 is 2.68 bits per heavy atom. The van der Waals surface area contributed by atoms with E-state index in [0.29, 0.717) is 4.70 Å². The Balaban J connectivity index is 1.96. The molecule has 1 unspecified atom stereocenters. The minimum Gasteiger partial charge on any atom is -0.314 e. The van der Waals surface area contributed by atoms with Crippen LogP contribution in [0.3, 0.4) is 0 Å². The average molecular weight is 286 g/mol. The highest BCUT2D eigenvalue weighted by Crippen LogP contribution is 2.35. The van der Waals surface area contributed by atoms with Crippen LogP contribution in [0.2, 0.25) is 0 Å². The van der Waals surface area contributed by atoms with Crippen molar-refractivity contribution in [2.45, 2.75) is 12.2 Å². The predicted molar refractivity (Wildman–Crippen MR) is 70.4 cm³/mol. The molecule has 2 N–H and O–H groups in total. The molecule has 0 amide bonds. The molecule has 0 aliphatic carbocycles. The molecule has 0 radical (unpaired) electrons. The largest absolute Gasteiger partial charge is 0.416 e. The Hall–Kier alpha value is -1.11. The van der Waals surface area contributed by atoms with Crippen LogP contribution in [-0.2, 0) is 6.18 Å². The molecule has 0 spiro atoms. The summed E-state index contributed by atoms with van der Waals surface area (Å²) < 4.78 is 38.7. The lowest BCUT2D eigenvalue weighted by molar-refractivity contribution is -0.137. The predicted octanol–water partition coefficient (Wildman–Crippen LogP) is 3.15. The second kappa shape index (κ2) is 4.77. The fraction of sp³-hybridized carbons (Fsp3) is 0.385. The van der Waals surface area contributed by atoms with Crippen LogP contribution >= 0.6 is 11.3 Å². The van der Waals surface area contributed by atoms with Crippen LogP contribution in [0.25, 0.3) is 10.1 Å². The third-order valence-corrected chi connectivity index (χ3v) is 4.46. The van der Waals surface area contributed by atoms with Crippen molar-refractivity contribution in [2.24, 2.45) is 0 Å². The summed E-state index contributed by atoms with van der Waals surface area (Å²) in [6, 6.07) is 6.10. The summed E-state index contributed by atoms with van der Waals surface area (Å²) >= 11 is 1.43. The topological polar surface area (TPSA) is 24.1 Å². The van der Waals surface area contributed by atoms with Gasteiger partial charge in [-0.05, 0) is 23.6 Å². The van der Waals surface area contributed by atoms with Crippen LogP contribution in [0.4, 0.5) is 13.2 Å². The maximum atomic E-state index is 12.7. The van der Waals surface area contributed by atoms with E-state index in [1.165, 1.54) is 17.4 Å². The molecule has 2 nitrogen and oxygen atoms in total. The number of fused-ring (bicyclic) bond motifs is 1. The number of alkyl halides is 3. The second-order valence-corrected chi connectivity index (χ2v) is 5.73. The molecule has 1 aromatic carbocycles. The molecule has 0 bridgehead atoms. The highest BCUT2D eigenvalue weighted by molar-refractivity contribution is 7.19. The van der Waals surface area contributed by atoms with E-state index in [-0.39, 0.29) is 6.04 Å². The Labute approximate surface area is 112 Å². The summed E-state index contributed by atoms with van der Waals surface area (Å²) in [4.78, 5) is 1.08. The first-order valence-electron chi connectivity index (χ1n) is 6.09. The SMILES string of the molecule is FC(F)(F)c1ccc2cc(C3CNCCN3)sc2c1. The summed E-state index contributed by atoms with van der Waals surface area (Å²) in [5.74, 6) is 0. The number of nitrogens with one attached hydrogen (secondary N) is 2. The molecule has 3 rings (SSSR count). The van der Waals surface area contributed by atoms with E-state index in [1.54, 1.807) is 6.07 Å². The Morgan fingerprint density at radius 1 is 1.16 bits per heavy atom. The first-order chi connectivity index (χ1) is 9.04. The van der Waals surface area contributed by atoms with Gasteiger partial charge in [0.05, 0.1) is 11.6 Å². The van der Waals surface area contributed by atoms with Gasteiger partial charge in [0.15, 0.2) is 0 Å². The van der Waals surface area contributed by atoms with Gasteiger partial charge in [0.25, 0.3) is 0 Å². The minimum absolute atomic E-state index is 0.195. The van der Waals surface area contributed by atoms with Gasteiger partial charge in [-0.2, -0.15) is 13.2 Å². The quantitative estimate of drug-likeness (QED) is 0.841. The standard InChI is InChI=1S/C13H13F3N2S/c14-13(15,16)9-2-1-8-5-12(19-11(8)6-9)10-7-17-3-4-18-10/h1-2,5-6,10,17-18H,3-4,7H2.